The monoisotopic (exact) mass is 705 g/mol. The normalized spacial score (nSPS) is 15.5. The number of hydrogen-bond donors (Lipinski definition) is 9. The topological polar surface area (TPSA) is 333 Å². The molecule has 0 fully saturated rings. The third kappa shape index (κ3) is 17.1. The predicted octanol–water partition coefficient (Wildman–Crippen LogP) is -7.15. The molecule has 20 nitrogen and oxygen atoms in total. The van der Waals surface area contributed by atoms with Gasteiger partial charge in [-0.05, 0) is 19.3 Å². The number of Topliss-reactive ketones (excluding diaryl/α,β-unsaturated/α-hetero) is 1. The second-order valence-electron chi connectivity index (χ2n) is 11.7. The number of methoxy groups -OCH3 is 1. The summed E-state index contributed by atoms with van der Waals surface area (Å²) in [5, 5.41) is 73.8. The van der Waals surface area contributed by atoms with Gasteiger partial charge in [-0.25, -0.2) is 4.79 Å². The molecule has 9 N–H and O–H groups in total. The lowest BCUT2D eigenvalue weighted by Crippen LogP contribution is -2.58. The summed E-state index contributed by atoms with van der Waals surface area (Å²) in [4.78, 5) is 96.8. The Kier molecular flexibility index (Phi) is 20.5. The van der Waals surface area contributed by atoms with Crippen molar-refractivity contribution in [3.05, 3.63) is 0 Å². The SMILES string of the molecule is COC(=O)[C@H](CCCCNC(=O)C(O)C(O)C(O)C(O)C(=O)C(C)C)NC(=O)[C@H](CC(=O)[O-])NC(=O)[C@H](CC(=O)[O-])NC(=O)CNC(C)C. The Hall–Kier alpha value is -4.24. The van der Waals surface area contributed by atoms with Gasteiger partial charge in [0.25, 0.3) is 5.91 Å². The number of amides is 4. The number of hydrogen-bond acceptors (Lipinski definition) is 16. The van der Waals surface area contributed by atoms with E-state index in [1.807, 2.05) is 5.32 Å². The Morgan fingerprint density at radius 3 is 1.63 bits per heavy atom. The van der Waals surface area contributed by atoms with Crippen LogP contribution in [0, 0.1) is 5.92 Å². The minimum atomic E-state index is -2.22. The van der Waals surface area contributed by atoms with E-state index in [0.29, 0.717) is 0 Å². The number of aliphatic hydroxyl groups excluding tert-OH is 4. The van der Waals surface area contributed by atoms with E-state index in [9.17, 15) is 69.0 Å². The van der Waals surface area contributed by atoms with Crippen LogP contribution in [-0.2, 0) is 43.1 Å². The number of carboxylic acid groups (broad SMARTS) is 2. The van der Waals surface area contributed by atoms with Gasteiger partial charge in [0, 0.05) is 43.3 Å². The van der Waals surface area contributed by atoms with Crippen molar-refractivity contribution in [1.29, 1.82) is 0 Å². The number of ketones is 1. The van der Waals surface area contributed by atoms with Crippen LogP contribution in [0.1, 0.15) is 59.8 Å². The first-order valence-corrected chi connectivity index (χ1v) is 15.4. The molecule has 0 aliphatic heterocycles. The number of rotatable bonds is 24. The second-order valence-corrected chi connectivity index (χ2v) is 11.7. The van der Waals surface area contributed by atoms with Gasteiger partial charge < -0.3 is 71.5 Å². The van der Waals surface area contributed by atoms with E-state index in [4.69, 9.17) is 0 Å². The molecule has 4 amide bonds. The van der Waals surface area contributed by atoms with Crippen molar-refractivity contribution in [2.45, 2.75) is 108 Å². The van der Waals surface area contributed by atoms with Crippen LogP contribution in [0.4, 0.5) is 0 Å². The quantitative estimate of drug-likeness (QED) is 0.0333. The highest BCUT2D eigenvalue weighted by Gasteiger charge is 2.38. The van der Waals surface area contributed by atoms with E-state index in [-0.39, 0.29) is 38.4 Å². The zero-order valence-corrected chi connectivity index (χ0v) is 27.9. The summed E-state index contributed by atoms with van der Waals surface area (Å²) in [7, 11) is 0.996. The van der Waals surface area contributed by atoms with Gasteiger partial charge in [0.15, 0.2) is 11.9 Å². The van der Waals surface area contributed by atoms with Gasteiger partial charge in [-0.3, -0.25) is 24.0 Å². The van der Waals surface area contributed by atoms with Gasteiger partial charge in [-0.2, -0.15) is 0 Å². The highest BCUT2D eigenvalue weighted by atomic mass is 16.5. The Balaban J connectivity index is 5.35. The molecule has 20 heteroatoms. The molecule has 0 aromatic rings. The number of ether oxygens (including phenoxy) is 1. The molecule has 7 atom stereocenters. The fraction of sp³-hybridized carbons (Fsp3) is 0.724. The highest BCUT2D eigenvalue weighted by molar-refractivity contribution is 5.96. The first-order valence-electron chi connectivity index (χ1n) is 15.4. The molecule has 0 heterocycles. The van der Waals surface area contributed by atoms with Gasteiger partial charge >= 0.3 is 5.97 Å². The molecule has 4 unspecified atom stereocenters. The fourth-order valence-electron chi connectivity index (χ4n) is 4.06. The molecule has 49 heavy (non-hydrogen) atoms. The van der Waals surface area contributed by atoms with Crippen molar-refractivity contribution in [2.24, 2.45) is 5.92 Å². The van der Waals surface area contributed by atoms with Crippen LogP contribution in [0.25, 0.3) is 0 Å². The number of carbonyl (C=O) groups excluding carboxylic acids is 8. The van der Waals surface area contributed by atoms with Crippen LogP contribution in [0.5, 0.6) is 0 Å². The largest absolute Gasteiger partial charge is 0.550 e. The molecule has 0 spiro atoms. The summed E-state index contributed by atoms with van der Waals surface area (Å²) < 4.78 is 4.65. The molecule has 280 valence electrons. The summed E-state index contributed by atoms with van der Waals surface area (Å²) in [6.45, 7) is 5.86. The van der Waals surface area contributed by atoms with Gasteiger partial charge in [-0.1, -0.05) is 27.7 Å². The lowest BCUT2D eigenvalue weighted by Gasteiger charge is -2.26. The van der Waals surface area contributed by atoms with Crippen molar-refractivity contribution in [1.82, 2.24) is 26.6 Å². The summed E-state index contributed by atoms with van der Waals surface area (Å²) in [6.07, 6.45) is -10.7. The van der Waals surface area contributed by atoms with Gasteiger partial charge in [-0.15, -0.1) is 0 Å². The van der Waals surface area contributed by atoms with Gasteiger partial charge in [0.05, 0.1) is 13.7 Å². The maximum absolute atomic E-state index is 13.0. The van der Waals surface area contributed by atoms with Crippen molar-refractivity contribution < 1.29 is 73.7 Å². The molecule has 0 saturated carbocycles. The summed E-state index contributed by atoms with van der Waals surface area (Å²) in [6, 6.07) is -5.19. The third-order valence-electron chi connectivity index (χ3n) is 6.84. The molecule has 0 saturated heterocycles. The Morgan fingerprint density at radius 1 is 0.673 bits per heavy atom. The van der Waals surface area contributed by atoms with Crippen LogP contribution >= 0.6 is 0 Å². The molecule has 0 rings (SSSR count). The lowest BCUT2D eigenvalue weighted by molar-refractivity contribution is -0.307. The van der Waals surface area contributed by atoms with Crippen LogP contribution in [-0.4, -0.2) is 137 Å². The van der Waals surface area contributed by atoms with E-state index >= 15 is 0 Å². The number of carbonyl (C=O) groups is 8. The summed E-state index contributed by atoms with van der Waals surface area (Å²) in [5.41, 5.74) is 0. The number of aliphatic carboxylic acids is 2. The van der Waals surface area contributed by atoms with Crippen LogP contribution in [0.15, 0.2) is 0 Å². The van der Waals surface area contributed by atoms with Crippen molar-refractivity contribution in [3.63, 3.8) is 0 Å². The number of carboxylic acids is 2. The average molecular weight is 706 g/mol. The number of nitrogens with one attached hydrogen (secondary N) is 5. The van der Waals surface area contributed by atoms with E-state index in [1.54, 1.807) is 13.8 Å². The predicted molar refractivity (Wildman–Crippen MR) is 161 cm³/mol. The smallest absolute Gasteiger partial charge is 0.328 e. The molecule has 0 aromatic carbocycles. The molecule has 0 aliphatic carbocycles. The molecule has 0 aliphatic rings. The fourth-order valence-corrected chi connectivity index (χ4v) is 4.06. The minimum absolute atomic E-state index is 0.0881. The molecule has 0 radical (unpaired) electrons. The molecule has 0 aromatic heterocycles. The molecular formula is C29H47N5O15-2. The van der Waals surface area contributed by atoms with E-state index < -0.39 is 109 Å². The zero-order valence-electron chi connectivity index (χ0n) is 27.9. The second kappa shape index (κ2) is 22.4. The molecular weight excluding hydrogens is 658 g/mol. The van der Waals surface area contributed by atoms with Crippen molar-refractivity contribution in [2.75, 3.05) is 20.2 Å². The third-order valence-corrected chi connectivity index (χ3v) is 6.84. The maximum Gasteiger partial charge on any atom is 0.328 e. The Bertz CT molecular complexity index is 1160. The minimum Gasteiger partial charge on any atom is -0.550 e. The average Bonchev–Trinajstić information content (AvgIpc) is 3.02. The van der Waals surface area contributed by atoms with Crippen molar-refractivity contribution >= 4 is 47.3 Å². The Labute approximate surface area is 282 Å². The van der Waals surface area contributed by atoms with Crippen molar-refractivity contribution in [3.8, 4) is 0 Å². The maximum atomic E-state index is 13.0. The lowest BCUT2D eigenvalue weighted by atomic mass is 9.94. The molecule has 0 bridgehead atoms. The van der Waals surface area contributed by atoms with Crippen LogP contribution in [0.2, 0.25) is 0 Å². The first kappa shape index (κ1) is 44.8. The summed E-state index contributed by atoms with van der Waals surface area (Å²) >= 11 is 0. The van der Waals surface area contributed by atoms with Gasteiger partial charge in [0.2, 0.25) is 17.7 Å². The number of unbranched alkanes of at least 4 members (excludes halogenated alkanes) is 1. The summed E-state index contributed by atoms with van der Waals surface area (Å²) in [5.74, 6) is -10.4. The Morgan fingerprint density at radius 2 is 1.16 bits per heavy atom. The standard InChI is InChI=1S/C29H49N5O15/c1-13(2)21(40)22(41)23(42)24(43)25(44)28(47)30-9-7-6-8-15(29(48)49-5)33-27(46)17(11-20(38)39)34-26(45)16(10-19(36)37)32-18(35)12-31-14(3)4/h13-17,22-25,31,41-44H,6-12H2,1-5H3,(H,30,47)(H,32,35)(H,33,46)(H,34,45)(H,36,37)(H,38,39)/p-2/t15-,16-,17-,22?,23?,24?,25?/m0/s1. The zero-order chi connectivity index (χ0) is 38.0. The van der Waals surface area contributed by atoms with E-state index in [0.717, 1.165) is 7.11 Å². The van der Waals surface area contributed by atoms with Crippen LogP contribution < -0.4 is 36.8 Å². The number of aliphatic hydroxyl groups is 4. The van der Waals surface area contributed by atoms with Crippen LogP contribution in [0.3, 0.4) is 0 Å². The van der Waals surface area contributed by atoms with E-state index in [2.05, 4.69) is 26.0 Å². The first-order chi connectivity index (χ1) is 22.7. The highest BCUT2D eigenvalue weighted by Crippen LogP contribution is 2.11. The number of esters is 1. The van der Waals surface area contributed by atoms with Gasteiger partial charge in [0.1, 0.15) is 36.4 Å². The van der Waals surface area contributed by atoms with E-state index in [1.165, 1.54) is 13.8 Å².